The first kappa shape index (κ1) is 14.4. The number of aryl methyl sites for hydroxylation is 1. The average molecular weight is 277 g/mol. The predicted octanol–water partition coefficient (Wildman–Crippen LogP) is 4.29. The number of hydrogen-bond acceptors (Lipinski definition) is 2. The fraction of sp³-hybridized carbons (Fsp3) is 0.562. The maximum absolute atomic E-state index is 12.6. The van der Waals surface area contributed by atoms with Crippen molar-refractivity contribution in [2.24, 2.45) is 10.8 Å². The van der Waals surface area contributed by atoms with E-state index in [-0.39, 0.29) is 16.7 Å². The first-order chi connectivity index (χ1) is 8.74. The fourth-order valence-electron chi connectivity index (χ4n) is 2.21. The summed E-state index contributed by atoms with van der Waals surface area (Å²) < 4.78 is 1.93. The molecule has 1 aliphatic rings. The highest BCUT2D eigenvalue weighted by Crippen LogP contribution is 2.48. The minimum atomic E-state index is -0.303. The van der Waals surface area contributed by atoms with Gasteiger partial charge in [0.25, 0.3) is 0 Å². The summed E-state index contributed by atoms with van der Waals surface area (Å²) in [5.41, 5.74) is 1.01. The zero-order valence-corrected chi connectivity index (χ0v) is 13.3. The first-order valence-corrected chi connectivity index (χ1v) is 7.58. The van der Waals surface area contributed by atoms with E-state index in [4.69, 9.17) is 0 Å². The van der Waals surface area contributed by atoms with E-state index >= 15 is 0 Å². The van der Waals surface area contributed by atoms with Crippen molar-refractivity contribution in [2.75, 3.05) is 6.54 Å². The lowest BCUT2D eigenvalue weighted by atomic mass is 9.64. The molecule has 0 aliphatic carbocycles. The Labute approximate surface area is 120 Å². The monoisotopic (exact) mass is 277 g/mol. The third-order valence-corrected chi connectivity index (χ3v) is 5.68. The summed E-state index contributed by atoms with van der Waals surface area (Å²) in [6.07, 6.45) is 1.05. The summed E-state index contributed by atoms with van der Waals surface area (Å²) in [5.74, 6) is 0.245. The quantitative estimate of drug-likeness (QED) is 0.752. The van der Waals surface area contributed by atoms with Crippen molar-refractivity contribution in [1.82, 2.24) is 4.31 Å². The Kier molecular flexibility index (Phi) is 3.69. The number of nitrogens with zero attached hydrogens (tertiary/aromatic N) is 1. The van der Waals surface area contributed by atoms with Crippen LogP contribution in [0, 0.1) is 17.8 Å². The van der Waals surface area contributed by atoms with E-state index < -0.39 is 0 Å². The van der Waals surface area contributed by atoms with Gasteiger partial charge in [-0.15, -0.1) is 0 Å². The van der Waals surface area contributed by atoms with Gasteiger partial charge < -0.3 is 0 Å². The van der Waals surface area contributed by atoms with Crippen LogP contribution in [-0.2, 0) is 4.79 Å². The van der Waals surface area contributed by atoms with Gasteiger partial charge in [-0.05, 0) is 42.8 Å². The zero-order chi connectivity index (χ0) is 14.3. The molecule has 0 radical (unpaired) electrons. The number of hydrogen-bond donors (Lipinski definition) is 0. The molecule has 0 aromatic heterocycles. The van der Waals surface area contributed by atoms with E-state index in [9.17, 15) is 4.79 Å². The number of carbonyl (C=O) groups is 1. The molecule has 0 unspecified atom stereocenters. The van der Waals surface area contributed by atoms with Gasteiger partial charge in [-0.25, -0.2) is 0 Å². The molecule has 1 aliphatic heterocycles. The Morgan fingerprint density at radius 2 is 1.68 bits per heavy atom. The van der Waals surface area contributed by atoms with Gasteiger partial charge >= 0.3 is 0 Å². The molecule has 104 valence electrons. The van der Waals surface area contributed by atoms with Gasteiger partial charge in [0.1, 0.15) is 0 Å². The van der Waals surface area contributed by atoms with Crippen LogP contribution in [0.4, 0.5) is 0 Å². The molecule has 1 saturated heterocycles. The third-order valence-electron chi connectivity index (χ3n) is 4.63. The zero-order valence-electron chi connectivity index (χ0n) is 12.5. The molecule has 1 heterocycles. The van der Waals surface area contributed by atoms with Crippen LogP contribution in [0.5, 0.6) is 0 Å². The standard InChI is InChI=1S/C16H23NOS/c1-12-6-8-13(9-7-12)19-17-11-10-15(2,3)16(4,5)14(17)18/h6-9H,10-11H2,1-5H3. The molecule has 2 rings (SSSR count). The predicted molar refractivity (Wildman–Crippen MR) is 80.9 cm³/mol. The van der Waals surface area contributed by atoms with Crippen LogP contribution in [0.15, 0.2) is 29.2 Å². The highest BCUT2D eigenvalue weighted by Gasteiger charge is 2.48. The van der Waals surface area contributed by atoms with Crippen molar-refractivity contribution in [3.05, 3.63) is 29.8 Å². The van der Waals surface area contributed by atoms with E-state index in [1.807, 2.05) is 4.31 Å². The highest BCUT2D eigenvalue weighted by molar-refractivity contribution is 7.97. The second-order valence-electron chi connectivity index (χ2n) is 6.57. The van der Waals surface area contributed by atoms with Crippen LogP contribution in [0.25, 0.3) is 0 Å². The molecule has 0 atom stereocenters. The highest BCUT2D eigenvalue weighted by atomic mass is 32.2. The smallest absolute Gasteiger partial charge is 0.238 e. The van der Waals surface area contributed by atoms with Gasteiger partial charge in [0.2, 0.25) is 5.91 Å². The molecule has 0 bridgehead atoms. The largest absolute Gasteiger partial charge is 0.282 e. The molecular formula is C16H23NOS. The summed E-state index contributed by atoms with van der Waals surface area (Å²) in [6, 6.07) is 8.34. The summed E-state index contributed by atoms with van der Waals surface area (Å²) in [4.78, 5) is 13.8. The van der Waals surface area contributed by atoms with Crippen LogP contribution in [0.2, 0.25) is 0 Å². The molecular weight excluding hydrogens is 254 g/mol. The minimum absolute atomic E-state index is 0.0639. The van der Waals surface area contributed by atoms with Crippen molar-refractivity contribution < 1.29 is 4.79 Å². The molecule has 0 saturated carbocycles. The van der Waals surface area contributed by atoms with Gasteiger partial charge in [-0.1, -0.05) is 45.4 Å². The van der Waals surface area contributed by atoms with Crippen LogP contribution >= 0.6 is 11.9 Å². The molecule has 3 heteroatoms. The molecule has 19 heavy (non-hydrogen) atoms. The summed E-state index contributed by atoms with van der Waals surface area (Å²) >= 11 is 1.57. The second-order valence-corrected chi connectivity index (χ2v) is 7.67. The van der Waals surface area contributed by atoms with Crippen molar-refractivity contribution in [2.45, 2.75) is 45.9 Å². The SMILES string of the molecule is Cc1ccc(SN2CCC(C)(C)C(C)(C)C2=O)cc1. The third kappa shape index (κ3) is 2.66. The van der Waals surface area contributed by atoms with Crippen LogP contribution in [-0.4, -0.2) is 16.8 Å². The molecule has 0 N–H and O–H groups in total. The normalized spacial score (nSPS) is 21.5. The van der Waals surface area contributed by atoms with Crippen LogP contribution in [0.3, 0.4) is 0 Å². The minimum Gasteiger partial charge on any atom is -0.282 e. The number of rotatable bonds is 2. The molecule has 0 spiro atoms. The molecule has 2 nitrogen and oxygen atoms in total. The van der Waals surface area contributed by atoms with Crippen molar-refractivity contribution >= 4 is 17.9 Å². The van der Waals surface area contributed by atoms with Crippen molar-refractivity contribution in [3.8, 4) is 0 Å². The Bertz CT molecular complexity index is 476. The lowest BCUT2D eigenvalue weighted by Gasteiger charge is -2.48. The number of amides is 1. The van der Waals surface area contributed by atoms with Crippen LogP contribution < -0.4 is 0 Å². The fourth-order valence-corrected chi connectivity index (χ4v) is 3.22. The number of benzene rings is 1. The maximum Gasteiger partial charge on any atom is 0.238 e. The molecule has 1 fully saturated rings. The molecule has 1 amide bonds. The maximum atomic E-state index is 12.6. The van der Waals surface area contributed by atoms with E-state index in [0.717, 1.165) is 17.9 Å². The van der Waals surface area contributed by atoms with Gasteiger partial charge in [0.15, 0.2) is 0 Å². The van der Waals surface area contributed by atoms with Gasteiger partial charge in [0, 0.05) is 16.9 Å². The van der Waals surface area contributed by atoms with E-state index in [2.05, 4.69) is 58.9 Å². The van der Waals surface area contributed by atoms with Gasteiger partial charge in [-0.2, -0.15) is 0 Å². The van der Waals surface area contributed by atoms with E-state index in [1.54, 1.807) is 11.9 Å². The van der Waals surface area contributed by atoms with E-state index in [0.29, 0.717) is 0 Å². The average Bonchev–Trinajstić information content (AvgIpc) is 2.34. The lowest BCUT2D eigenvalue weighted by molar-refractivity contribution is -0.146. The summed E-state index contributed by atoms with van der Waals surface area (Å²) in [7, 11) is 0. The Hall–Kier alpha value is -0.960. The summed E-state index contributed by atoms with van der Waals surface area (Å²) in [5, 5.41) is 0. The Morgan fingerprint density at radius 1 is 1.11 bits per heavy atom. The lowest BCUT2D eigenvalue weighted by Crippen LogP contribution is -2.52. The Morgan fingerprint density at radius 3 is 2.26 bits per heavy atom. The van der Waals surface area contributed by atoms with E-state index in [1.165, 1.54) is 5.56 Å². The second kappa shape index (κ2) is 4.86. The summed E-state index contributed by atoms with van der Waals surface area (Å²) in [6.45, 7) is 11.4. The topological polar surface area (TPSA) is 20.3 Å². The molecule has 1 aromatic rings. The van der Waals surface area contributed by atoms with Gasteiger partial charge in [0.05, 0.1) is 0 Å². The van der Waals surface area contributed by atoms with Crippen molar-refractivity contribution in [1.29, 1.82) is 0 Å². The number of piperidine rings is 1. The Balaban J connectivity index is 2.15. The van der Waals surface area contributed by atoms with Crippen molar-refractivity contribution in [3.63, 3.8) is 0 Å². The number of carbonyl (C=O) groups excluding carboxylic acids is 1. The van der Waals surface area contributed by atoms with Gasteiger partial charge in [-0.3, -0.25) is 9.10 Å². The first-order valence-electron chi connectivity index (χ1n) is 6.81. The van der Waals surface area contributed by atoms with Crippen LogP contribution in [0.1, 0.15) is 39.7 Å². The molecule has 1 aromatic carbocycles.